The maximum atomic E-state index is 12.8. The number of nitrogens with one attached hydrogen (secondary N) is 1. The average Bonchev–Trinajstić information content (AvgIpc) is 2.70. The van der Waals surface area contributed by atoms with E-state index in [1.54, 1.807) is 12.1 Å². The lowest BCUT2D eigenvalue weighted by atomic mass is 10.2. The molecule has 0 fully saturated rings. The standard InChI is InChI=1S/C11H17F2N3O3.C11H12FN.H2/c1-11(12,13)8(14)6-7(15-2)10(18)16-5-4-9(17)19-3;1-8(2)13-9(3)10-5-4-6-11(12)7-10;/h6H,4-5,14H2,1-3H3,(H,16,18);4-7H,3H2,1-2H3;1H/b8-6-,15-7?;;. The van der Waals surface area contributed by atoms with Gasteiger partial charge in [0.05, 0.1) is 24.9 Å². The molecule has 7 nitrogen and oxygen atoms in total. The number of rotatable bonds is 8. The summed E-state index contributed by atoms with van der Waals surface area (Å²) in [5.41, 5.74) is 6.36. The van der Waals surface area contributed by atoms with Gasteiger partial charge in [-0.25, -0.2) is 13.2 Å². The van der Waals surface area contributed by atoms with Crippen molar-refractivity contribution in [2.45, 2.75) is 33.1 Å². The number of carbonyl (C=O) groups is 2. The van der Waals surface area contributed by atoms with Crippen molar-refractivity contribution >= 4 is 29.0 Å². The fraction of sp³-hybridized carbons (Fsp3) is 0.364. The van der Waals surface area contributed by atoms with Crippen molar-refractivity contribution in [3.05, 3.63) is 54.0 Å². The molecule has 0 bridgehead atoms. The number of ether oxygens (including phenoxy) is 1. The van der Waals surface area contributed by atoms with Crippen LogP contribution in [0.15, 0.2) is 52.6 Å². The van der Waals surface area contributed by atoms with E-state index in [4.69, 9.17) is 5.73 Å². The number of halogens is 3. The van der Waals surface area contributed by atoms with Gasteiger partial charge in [0.1, 0.15) is 11.5 Å². The lowest BCUT2D eigenvalue weighted by molar-refractivity contribution is -0.140. The Balaban J connectivity index is 0. The van der Waals surface area contributed by atoms with Gasteiger partial charge in [-0.15, -0.1) is 0 Å². The molecule has 0 aromatic heterocycles. The van der Waals surface area contributed by atoms with Gasteiger partial charge in [-0.2, -0.15) is 0 Å². The number of nitrogens with zero attached hydrogens (tertiary/aromatic N) is 2. The minimum atomic E-state index is -3.23. The van der Waals surface area contributed by atoms with Crippen molar-refractivity contribution in [1.29, 1.82) is 0 Å². The molecule has 0 aliphatic rings. The summed E-state index contributed by atoms with van der Waals surface area (Å²) in [6.07, 6.45) is 0.774. The van der Waals surface area contributed by atoms with Crippen LogP contribution in [0, 0.1) is 5.82 Å². The van der Waals surface area contributed by atoms with Crippen LogP contribution in [0.2, 0.25) is 0 Å². The third kappa shape index (κ3) is 11.7. The molecule has 0 saturated carbocycles. The van der Waals surface area contributed by atoms with Crippen LogP contribution in [0.1, 0.15) is 34.2 Å². The molecule has 1 aromatic rings. The van der Waals surface area contributed by atoms with Crippen LogP contribution in [0.3, 0.4) is 0 Å². The minimum Gasteiger partial charge on any atom is -0.469 e. The third-order valence-electron chi connectivity index (χ3n) is 3.63. The fourth-order valence-corrected chi connectivity index (χ4v) is 1.98. The Morgan fingerprint density at radius 3 is 2.44 bits per heavy atom. The van der Waals surface area contributed by atoms with Gasteiger partial charge in [-0.1, -0.05) is 18.7 Å². The van der Waals surface area contributed by atoms with E-state index in [9.17, 15) is 22.8 Å². The smallest absolute Gasteiger partial charge is 0.307 e. The summed E-state index contributed by atoms with van der Waals surface area (Å²) < 4.78 is 42.8. The van der Waals surface area contributed by atoms with Gasteiger partial charge in [0.2, 0.25) is 0 Å². The Bertz CT molecular complexity index is 906. The van der Waals surface area contributed by atoms with Crippen LogP contribution in [0.25, 0.3) is 5.70 Å². The van der Waals surface area contributed by atoms with E-state index in [2.05, 4.69) is 26.6 Å². The van der Waals surface area contributed by atoms with Crippen molar-refractivity contribution in [2.24, 2.45) is 15.7 Å². The number of benzene rings is 1. The summed E-state index contributed by atoms with van der Waals surface area (Å²) in [5, 5.41) is 2.34. The quantitative estimate of drug-likeness (QED) is 0.459. The number of amides is 1. The summed E-state index contributed by atoms with van der Waals surface area (Å²) in [7, 11) is 2.49. The molecular weight excluding hydrogens is 425 g/mol. The van der Waals surface area contributed by atoms with Crippen LogP contribution >= 0.6 is 0 Å². The maximum Gasteiger partial charge on any atom is 0.307 e. The zero-order valence-corrected chi connectivity index (χ0v) is 18.8. The highest BCUT2D eigenvalue weighted by molar-refractivity contribution is 6.43. The molecule has 0 spiro atoms. The van der Waals surface area contributed by atoms with Crippen molar-refractivity contribution < 1.29 is 28.9 Å². The van der Waals surface area contributed by atoms with Gasteiger partial charge in [0, 0.05) is 33.2 Å². The van der Waals surface area contributed by atoms with Crippen LogP contribution < -0.4 is 11.1 Å². The normalized spacial score (nSPS) is 11.6. The number of alkyl halides is 2. The molecule has 1 amide bonds. The van der Waals surface area contributed by atoms with Gasteiger partial charge in [-0.3, -0.25) is 19.6 Å². The monoisotopic (exact) mass is 456 g/mol. The lowest BCUT2D eigenvalue weighted by Crippen LogP contribution is -2.33. The molecule has 3 N–H and O–H groups in total. The molecule has 0 unspecified atom stereocenters. The summed E-state index contributed by atoms with van der Waals surface area (Å²) in [6.45, 7) is 8.14. The molecule has 1 aromatic carbocycles. The largest absolute Gasteiger partial charge is 0.469 e. The lowest BCUT2D eigenvalue weighted by Gasteiger charge is -2.11. The molecule has 0 aliphatic carbocycles. The number of hydrogen-bond acceptors (Lipinski definition) is 6. The Hall–Kier alpha value is -3.43. The molecule has 32 heavy (non-hydrogen) atoms. The van der Waals surface area contributed by atoms with Crippen molar-refractivity contribution in [2.75, 3.05) is 20.7 Å². The van der Waals surface area contributed by atoms with Gasteiger partial charge < -0.3 is 15.8 Å². The summed E-state index contributed by atoms with van der Waals surface area (Å²) in [5.74, 6) is -4.69. The Kier molecular flexibility index (Phi) is 12.3. The number of esters is 1. The zero-order chi connectivity index (χ0) is 24.9. The van der Waals surface area contributed by atoms with E-state index in [-0.39, 0.29) is 25.9 Å². The number of aliphatic imine (C=N–C) groups is 2. The van der Waals surface area contributed by atoms with Crippen molar-refractivity contribution in [3.8, 4) is 0 Å². The molecule has 0 aliphatic heterocycles. The number of methoxy groups -OCH3 is 1. The second-order valence-corrected chi connectivity index (χ2v) is 6.69. The predicted octanol–water partition coefficient (Wildman–Crippen LogP) is 3.76. The van der Waals surface area contributed by atoms with Gasteiger partial charge in [-0.05, 0) is 32.1 Å². The first kappa shape index (κ1) is 28.6. The highest BCUT2D eigenvalue weighted by Crippen LogP contribution is 2.18. The zero-order valence-electron chi connectivity index (χ0n) is 18.8. The van der Waals surface area contributed by atoms with Crippen LogP contribution in [-0.4, -0.2) is 49.9 Å². The second kappa shape index (κ2) is 13.8. The predicted molar refractivity (Wildman–Crippen MR) is 122 cm³/mol. The SMILES string of the molecule is C=C(N=C(C)C)c1cccc(F)c1.CN=C(/C=C(\N)C(C)(F)F)C(=O)NCCC(=O)OC.[HH]. The first-order chi connectivity index (χ1) is 14.8. The highest BCUT2D eigenvalue weighted by atomic mass is 19.3. The summed E-state index contributed by atoms with van der Waals surface area (Å²) in [4.78, 5) is 30.1. The van der Waals surface area contributed by atoms with Gasteiger partial charge in [0.15, 0.2) is 0 Å². The summed E-state index contributed by atoms with van der Waals surface area (Å²) >= 11 is 0. The van der Waals surface area contributed by atoms with E-state index in [1.165, 1.54) is 26.3 Å². The van der Waals surface area contributed by atoms with Crippen molar-refractivity contribution in [3.63, 3.8) is 0 Å². The van der Waals surface area contributed by atoms with Crippen molar-refractivity contribution in [1.82, 2.24) is 5.32 Å². The topological polar surface area (TPSA) is 106 Å². The summed E-state index contributed by atoms with van der Waals surface area (Å²) in [6, 6.07) is 6.27. The van der Waals surface area contributed by atoms with E-state index < -0.39 is 23.5 Å². The molecule has 0 saturated heterocycles. The first-order valence-corrected chi connectivity index (χ1v) is 9.45. The molecule has 0 radical (unpaired) electrons. The van der Waals surface area contributed by atoms with E-state index in [0.29, 0.717) is 12.6 Å². The maximum absolute atomic E-state index is 12.8. The van der Waals surface area contributed by atoms with Gasteiger partial charge >= 0.3 is 5.97 Å². The number of hydrogen-bond donors (Lipinski definition) is 2. The first-order valence-electron chi connectivity index (χ1n) is 9.45. The third-order valence-corrected chi connectivity index (χ3v) is 3.63. The fourth-order valence-electron chi connectivity index (χ4n) is 1.98. The highest BCUT2D eigenvalue weighted by Gasteiger charge is 2.26. The number of nitrogens with two attached hydrogens (primary N) is 1. The van der Waals surface area contributed by atoms with Crippen LogP contribution in [-0.2, 0) is 14.3 Å². The molecule has 178 valence electrons. The van der Waals surface area contributed by atoms with Crippen LogP contribution in [0.5, 0.6) is 0 Å². The second-order valence-electron chi connectivity index (χ2n) is 6.69. The van der Waals surface area contributed by atoms with E-state index in [0.717, 1.165) is 17.4 Å². The molecule has 0 atom stereocenters. The minimum absolute atomic E-state index is 0. The number of carbonyl (C=O) groups excluding carboxylic acids is 2. The van der Waals surface area contributed by atoms with E-state index in [1.807, 2.05) is 13.8 Å². The van der Waals surface area contributed by atoms with Gasteiger partial charge in [0.25, 0.3) is 11.8 Å². The molecular formula is C22H31F3N4O3. The average molecular weight is 457 g/mol. The van der Waals surface area contributed by atoms with E-state index >= 15 is 0 Å². The van der Waals surface area contributed by atoms with Crippen LogP contribution in [0.4, 0.5) is 13.2 Å². The Morgan fingerprint density at radius 1 is 1.34 bits per heavy atom. The molecule has 10 heteroatoms. The Morgan fingerprint density at radius 2 is 1.97 bits per heavy atom. The molecule has 0 heterocycles. The Labute approximate surface area is 187 Å². The molecule has 1 rings (SSSR count). The number of allylic oxidation sites excluding steroid dienone is 1.